The molecule has 15 heavy (non-hydrogen) atoms. The number of ether oxygens (including phenoxy) is 1. The van der Waals surface area contributed by atoms with Crippen LogP contribution < -0.4 is 4.74 Å². The van der Waals surface area contributed by atoms with E-state index in [0.29, 0.717) is 12.5 Å². The fourth-order valence-corrected chi connectivity index (χ4v) is 1.38. The topological polar surface area (TPSA) is 26.3 Å². The molecule has 0 aliphatic carbocycles. The van der Waals surface area contributed by atoms with Crippen LogP contribution in [0.4, 0.5) is 0 Å². The van der Waals surface area contributed by atoms with E-state index in [1.807, 2.05) is 25.1 Å². The third kappa shape index (κ3) is 3.39. The molecule has 0 bridgehead atoms. The van der Waals surface area contributed by atoms with E-state index in [9.17, 15) is 4.79 Å². The van der Waals surface area contributed by atoms with Crippen molar-refractivity contribution in [3.8, 4) is 5.75 Å². The number of benzene rings is 1. The molecule has 1 aromatic carbocycles. The first-order valence-corrected chi connectivity index (χ1v) is 5.25. The molecule has 0 aliphatic heterocycles. The Morgan fingerprint density at radius 2 is 2.07 bits per heavy atom. The lowest BCUT2D eigenvalue weighted by atomic mass is 10.1. The van der Waals surface area contributed by atoms with Gasteiger partial charge in [0, 0.05) is 5.56 Å². The number of hydrogen-bond acceptors (Lipinski definition) is 2. The lowest BCUT2D eigenvalue weighted by Crippen LogP contribution is -2.05. The van der Waals surface area contributed by atoms with Crippen LogP contribution in [-0.2, 0) is 0 Å². The highest BCUT2D eigenvalue weighted by atomic mass is 16.5. The van der Waals surface area contributed by atoms with Gasteiger partial charge < -0.3 is 4.74 Å². The second-order valence-electron chi connectivity index (χ2n) is 4.24. The van der Waals surface area contributed by atoms with E-state index >= 15 is 0 Å². The highest BCUT2D eigenvalue weighted by Gasteiger charge is 2.05. The van der Waals surface area contributed by atoms with Crippen LogP contribution in [-0.4, -0.2) is 12.4 Å². The fraction of sp³-hybridized carbons (Fsp3) is 0.462. The number of carbonyl (C=O) groups excluding carboxylic acids is 1. The second kappa shape index (κ2) is 4.96. The Hall–Kier alpha value is -1.31. The van der Waals surface area contributed by atoms with Crippen molar-refractivity contribution in [1.29, 1.82) is 0 Å². The fourth-order valence-electron chi connectivity index (χ4n) is 1.38. The van der Waals surface area contributed by atoms with Gasteiger partial charge in [-0.3, -0.25) is 4.79 Å². The van der Waals surface area contributed by atoms with Crippen molar-refractivity contribution in [2.75, 3.05) is 6.61 Å². The molecule has 0 spiro atoms. The van der Waals surface area contributed by atoms with Crippen molar-refractivity contribution < 1.29 is 9.53 Å². The molecule has 1 rings (SSSR count). The van der Waals surface area contributed by atoms with E-state index in [-0.39, 0.29) is 5.78 Å². The summed E-state index contributed by atoms with van der Waals surface area (Å²) in [6.07, 6.45) is 0. The first kappa shape index (κ1) is 11.8. The van der Waals surface area contributed by atoms with Crippen molar-refractivity contribution >= 4 is 5.78 Å². The molecular formula is C13H18O2. The second-order valence-corrected chi connectivity index (χ2v) is 4.24. The molecule has 0 heterocycles. The van der Waals surface area contributed by atoms with Gasteiger partial charge in [-0.15, -0.1) is 0 Å². The van der Waals surface area contributed by atoms with Gasteiger partial charge in [-0.25, -0.2) is 0 Å². The standard InChI is InChI=1S/C13H18O2/c1-9(2)8-15-12-5-6-13(11(4)14)10(3)7-12/h5-7,9H,8H2,1-4H3. The summed E-state index contributed by atoms with van der Waals surface area (Å²) < 4.78 is 5.57. The van der Waals surface area contributed by atoms with E-state index in [1.54, 1.807) is 6.92 Å². The molecule has 0 fully saturated rings. The molecule has 0 unspecified atom stereocenters. The Morgan fingerprint density at radius 1 is 1.40 bits per heavy atom. The van der Waals surface area contributed by atoms with E-state index in [1.165, 1.54) is 0 Å². The van der Waals surface area contributed by atoms with Gasteiger partial charge in [-0.1, -0.05) is 13.8 Å². The largest absolute Gasteiger partial charge is 0.493 e. The third-order valence-electron chi connectivity index (χ3n) is 2.16. The lowest BCUT2D eigenvalue weighted by molar-refractivity contribution is 0.101. The highest BCUT2D eigenvalue weighted by Crippen LogP contribution is 2.18. The molecule has 0 aromatic heterocycles. The van der Waals surface area contributed by atoms with Crippen LogP contribution in [0.25, 0.3) is 0 Å². The number of ketones is 1. The SMILES string of the molecule is CC(=O)c1ccc(OCC(C)C)cc1C. The van der Waals surface area contributed by atoms with Crippen molar-refractivity contribution in [3.05, 3.63) is 29.3 Å². The molecular weight excluding hydrogens is 188 g/mol. The predicted octanol–water partition coefficient (Wildman–Crippen LogP) is 3.23. The predicted molar refractivity (Wildman–Crippen MR) is 61.5 cm³/mol. The van der Waals surface area contributed by atoms with Gasteiger partial charge in [0.1, 0.15) is 5.75 Å². The maximum Gasteiger partial charge on any atom is 0.160 e. The molecule has 0 radical (unpaired) electrons. The van der Waals surface area contributed by atoms with Gasteiger partial charge in [0.25, 0.3) is 0 Å². The summed E-state index contributed by atoms with van der Waals surface area (Å²) in [6, 6.07) is 5.60. The van der Waals surface area contributed by atoms with E-state index < -0.39 is 0 Å². The molecule has 2 nitrogen and oxygen atoms in total. The summed E-state index contributed by atoms with van der Waals surface area (Å²) in [5.74, 6) is 1.45. The van der Waals surface area contributed by atoms with Crippen LogP contribution in [0.15, 0.2) is 18.2 Å². The minimum Gasteiger partial charge on any atom is -0.493 e. The quantitative estimate of drug-likeness (QED) is 0.707. The molecule has 0 saturated carbocycles. The van der Waals surface area contributed by atoms with Gasteiger partial charge in [0.15, 0.2) is 5.78 Å². The number of carbonyl (C=O) groups is 1. The van der Waals surface area contributed by atoms with Crippen LogP contribution in [0.2, 0.25) is 0 Å². The first-order valence-electron chi connectivity index (χ1n) is 5.25. The molecule has 2 heteroatoms. The van der Waals surface area contributed by atoms with Gasteiger partial charge in [-0.2, -0.15) is 0 Å². The van der Waals surface area contributed by atoms with E-state index in [4.69, 9.17) is 4.74 Å². The minimum absolute atomic E-state index is 0.0999. The molecule has 1 aromatic rings. The summed E-state index contributed by atoms with van der Waals surface area (Å²) in [6.45, 7) is 8.43. The molecule has 0 N–H and O–H groups in total. The monoisotopic (exact) mass is 206 g/mol. The highest BCUT2D eigenvalue weighted by molar-refractivity contribution is 5.95. The van der Waals surface area contributed by atoms with Crippen LogP contribution >= 0.6 is 0 Å². The van der Waals surface area contributed by atoms with Crippen LogP contribution in [0.1, 0.15) is 36.7 Å². The Morgan fingerprint density at radius 3 is 2.53 bits per heavy atom. The summed E-state index contributed by atoms with van der Waals surface area (Å²) >= 11 is 0. The Bertz CT molecular complexity index is 354. The number of Topliss-reactive ketones (excluding diaryl/α,β-unsaturated/α-hetero) is 1. The van der Waals surface area contributed by atoms with Crippen LogP contribution in [0.3, 0.4) is 0 Å². The average Bonchev–Trinajstić information content (AvgIpc) is 2.14. The Balaban J connectivity index is 2.78. The lowest BCUT2D eigenvalue weighted by Gasteiger charge is -2.10. The zero-order valence-corrected chi connectivity index (χ0v) is 9.83. The average molecular weight is 206 g/mol. The molecule has 0 atom stereocenters. The van der Waals surface area contributed by atoms with Crippen LogP contribution in [0, 0.1) is 12.8 Å². The van der Waals surface area contributed by atoms with Gasteiger partial charge in [0.2, 0.25) is 0 Å². The first-order chi connectivity index (χ1) is 7.00. The van der Waals surface area contributed by atoms with Crippen molar-refractivity contribution in [2.24, 2.45) is 5.92 Å². The summed E-state index contributed by atoms with van der Waals surface area (Å²) in [7, 11) is 0. The van der Waals surface area contributed by atoms with Crippen molar-refractivity contribution in [3.63, 3.8) is 0 Å². The smallest absolute Gasteiger partial charge is 0.160 e. The van der Waals surface area contributed by atoms with Gasteiger partial charge in [-0.05, 0) is 43.5 Å². The number of hydrogen-bond donors (Lipinski definition) is 0. The van der Waals surface area contributed by atoms with Crippen molar-refractivity contribution in [2.45, 2.75) is 27.7 Å². The van der Waals surface area contributed by atoms with E-state index in [0.717, 1.165) is 16.9 Å². The van der Waals surface area contributed by atoms with Crippen molar-refractivity contribution in [1.82, 2.24) is 0 Å². The summed E-state index contributed by atoms with van der Waals surface area (Å²) in [5.41, 5.74) is 1.75. The molecule has 0 amide bonds. The van der Waals surface area contributed by atoms with Crippen LogP contribution in [0.5, 0.6) is 5.75 Å². The molecule has 0 aliphatic rings. The normalized spacial score (nSPS) is 10.5. The maximum absolute atomic E-state index is 11.2. The molecule has 82 valence electrons. The Labute approximate surface area is 91.3 Å². The van der Waals surface area contributed by atoms with E-state index in [2.05, 4.69) is 13.8 Å². The maximum atomic E-state index is 11.2. The Kier molecular flexibility index (Phi) is 3.89. The number of aryl methyl sites for hydroxylation is 1. The number of rotatable bonds is 4. The summed E-state index contributed by atoms with van der Waals surface area (Å²) in [5, 5.41) is 0. The third-order valence-corrected chi connectivity index (χ3v) is 2.16. The zero-order valence-electron chi connectivity index (χ0n) is 9.83. The molecule has 0 saturated heterocycles. The van der Waals surface area contributed by atoms with Gasteiger partial charge >= 0.3 is 0 Å². The van der Waals surface area contributed by atoms with Gasteiger partial charge in [0.05, 0.1) is 6.61 Å². The zero-order chi connectivity index (χ0) is 11.4. The minimum atomic E-state index is 0.0999. The summed E-state index contributed by atoms with van der Waals surface area (Å²) in [4.78, 5) is 11.2.